The van der Waals surface area contributed by atoms with Crippen molar-refractivity contribution in [3.63, 3.8) is 0 Å². The highest BCUT2D eigenvalue weighted by molar-refractivity contribution is 5.76. The van der Waals surface area contributed by atoms with E-state index in [0.29, 0.717) is 12.8 Å². The first-order valence-electron chi connectivity index (χ1n) is 19.0. The number of nitrogens with one attached hydrogen (secondary N) is 1. The molecule has 276 valence electrons. The molecule has 1 saturated heterocycles. The van der Waals surface area contributed by atoms with Crippen LogP contribution < -0.4 is 5.32 Å². The number of allylic oxidation sites excluding steroid dienone is 4. The van der Waals surface area contributed by atoms with Gasteiger partial charge in [-0.1, -0.05) is 109 Å². The van der Waals surface area contributed by atoms with E-state index >= 15 is 0 Å². The van der Waals surface area contributed by atoms with Crippen molar-refractivity contribution in [3.8, 4) is 0 Å². The summed E-state index contributed by atoms with van der Waals surface area (Å²) < 4.78 is 11.2. The minimum atomic E-state index is -1.56. The predicted molar refractivity (Wildman–Crippen MR) is 189 cm³/mol. The van der Waals surface area contributed by atoms with Crippen LogP contribution >= 0.6 is 0 Å². The molecule has 9 nitrogen and oxygen atoms in total. The molecule has 0 aromatic carbocycles. The molecule has 47 heavy (non-hydrogen) atoms. The molecular formula is C38H71NO8. The van der Waals surface area contributed by atoms with Crippen LogP contribution in [0.1, 0.15) is 155 Å². The van der Waals surface area contributed by atoms with Gasteiger partial charge in [-0.15, -0.1) is 0 Å². The number of aliphatic hydroxyl groups is 5. The molecule has 1 aliphatic rings. The molecule has 9 heteroatoms. The summed E-state index contributed by atoms with van der Waals surface area (Å²) in [5, 5.41) is 53.9. The lowest BCUT2D eigenvalue weighted by Crippen LogP contribution is -2.60. The van der Waals surface area contributed by atoms with Gasteiger partial charge in [0.15, 0.2) is 6.29 Å². The average Bonchev–Trinajstić information content (AvgIpc) is 3.07. The molecular weight excluding hydrogens is 598 g/mol. The number of amides is 1. The van der Waals surface area contributed by atoms with Crippen molar-refractivity contribution in [1.29, 1.82) is 0 Å². The smallest absolute Gasteiger partial charge is 0.220 e. The number of unbranched alkanes of at least 4 members (excludes halogenated alkanes) is 16. The van der Waals surface area contributed by atoms with Crippen molar-refractivity contribution in [1.82, 2.24) is 5.32 Å². The zero-order valence-electron chi connectivity index (χ0n) is 29.8. The SMILES string of the molecule is CCCCC/C=C/CCCC[C@@H](O)[C@H](CO[C@H]1O[C@@H](CO)[C@H](O)C(O)C1O)NC(=O)CCCCCCC/C=C/CCCCCCCC. The molecule has 0 radical (unpaired) electrons. The Hall–Kier alpha value is -1.33. The summed E-state index contributed by atoms with van der Waals surface area (Å²) in [4.78, 5) is 12.8. The molecule has 1 fully saturated rings. The first-order valence-corrected chi connectivity index (χ1v) is 19.0. The van der Waals surface area contributed by atoms with Gasteiger partial charge in [0.2, 0.25) is 5.91 Å². The van der Waals surface area contributed by atoms with E-state index in [2.05, 4.69) is 43.5 Å². The van der Waals surface area contributed by atoms with Gasteiger partial charge in [0, 0.05) is 6.42 Å². The minimum absolute atomic E-state index is 0.153. The summed E-state index contributed by atoms with van der Waals surface area (Å²) in [6.07, 6.45) is 24.8. The third kappa shape index (κ3) is 21.4. The number of aliphatic hydroxyl groups excluding tert-OH is 5. The maximum atomic E-state index is 12.8. The maximum Gasteiger partial charge on any atom is 0.220 e. The van der Waals surface area contributed by atoms with Crippen molar-refractivity contribution in [2.75, 3.05) is 13.2 Å². The van der Waals surface area contributed by atoms with E-state index in [1.54, 1.807) is 0 Å². The molecule has 1 heterocycles. The molecule has 2 unspecified atom stereocenters. The third-order valence-corrected chi connectivity index (χ3v) is 9.03. The Labute approximate surface area is 286 Å². The highest BCUT2D eigenvalue weighted by Gasteiger charge is 2.44. The van der Waals surface area contributed by atoms with Gasteiger partial charge in [0.25, 0.3) is 0 Å². The van der Waals surface area contributed by atoms with Crippen LogP contribution in [0.2, 0.25) is 0 Å². The molecule has 0 spiro atoms. The van der Waals surface area contributed by atoms with Crippen LogP contribution in [-0.2, 0) is 14.3 Å². The normalized spacial score (nSPS) is 23.1. The highest BCUT2D eigenvalue weighted by Crippen LogP contribution is 2.22. The fourth-order valence-corrected chi connectivity index (χ4v) is 5.85. The molecule has 0 aromatic heterocycles. The van der Waals surface area contributed by atoms with Gasteiger partial charge in [0.05, 0.1) is 25.4 Å². The van der Waals surface area contributed by atoms with Crippen LogP contribution in [0.4, 0.5) is 0 Å². The molecule has 1 amide bonds. The minimum Gasteiger partial charge on any atom is -0.394 e. The number of ether oxygens (including phenoxy) is 2. The van der Waals surface area contributed by atoms with E-state index in [1.807, 2.05) is 0 Å². The zero-order valence-corrected chi connectivity index (χ0v) is 29.8. The van der Waals surface area contributed by atoms with Crippen molar-refractivity contribution in [2.24, 2.45) is 0 Å². The zero-order chi connectivity index (χ0) is 34.5. The van der Waals surface area contributed by atoms with Crippen molar-refractivity contribution < 1.29 is 39.8 Å². The molecule has 1 rings (SSSR count). The number of carbonyl (C=O) groups is 1. The van der Waals surface area contributed by atoms with Gasteiger partial charge in [-0.25, -0.2) is 0 Å². The van der Waals surface area contributed by atoms with E-state index in [-0.39, 0.29) is 12.5 Å². The van der Waals surface area contributed by atoms with Crippen LogP contribution in [0.25, 0.3) is 0 Å². The van der Waals surface area contributed by atoms with Crippen LogP contribution in [-0.4, -0.2) is 87.5 Å². The molecule has 6 N–H and O–H groups in total. The fraction of sp³-hybridized carbons (Fsp3) is 0.868. The van der Waals surface area contributed by atoms with Crippen molar-refractivity contribution >= 4 is 5.91 Å². The number of carbonyl (C=O) groups excluding carboxylic acids is 1. The van der Waals surface area contributed by atoms with Gasteiger partial charge in [0.1, 0.15) is 24.4 Å². The monoisotopic (exact) mass is 670 g/mol. The van der Waals surface area contributed by atoms with Gasteiger partial charge in [-0.2, -0.15) is 0 Å². The average molecular weight is 670 g/mol. The van der Waals surface area contributed by atoms with E-state index in [0.717, 1.165) is 64.2 Å². The Bertz CT molecular complexity index is 792. The lowest BCUT2D eigenvalue weighted by atomic mass is 9.99. The van der Waals surface area contributed by atoms with Crippen molar-refractivity contribution in [3.05, 3.63) is 24.3 Å². The van der Waals surface area contributed by atoms with Gasteiger partial charge in [-0.3, -0.25) is 4.79 Å². The van der Waals surface area contributed by atoms with E-state index < -0.39 is 49.5 Å². The molecule has 7 atom stereocenters. The number of hydrogen-bond donors (Lipinski definition) is 6. The summed E-state index contributed by atoms with van der Waals surface area (Å²) in [6.45, 7) is 3.73. The Morgan fingerprint density at radius 1 is 0.702 bits per heavy atom. The largest absolute Gasteiger partial charge is 0.394 e. The second kappa shape index (κ2) is 29.6. The topological polar surface area (TPSA) is 149 Å². The van der Waals surface area contributed by atoms with Crippen LogP contribution in [0.3, 0.4) is 0 Å². The predicted octanol–water partition coefficient (Wildman–Crippen LogP) is 6.38. The Morgan fingerprint density at radius 2 is 1.19 bits per heavy atom. The lowest BCUT2D eigenvalue weighted by Gasteiger charge is -2.40. The number of hydrogen-bond acceptors (Lipinski definition) is 8. The second-order valence-electron chi connectivity index (χ2n) is 13.4. The summed E-state index contributed by atoms with van der Waals surface area (Å²) in [5.41, 5.74) is 0. The molecule has 0 aliphatic carbocycles. The summed E-state index contributed by atoms with van der Waals surface area (Å²) >= 11 is 0. The van der Waals surface area contributed by atoms with Gasteiger partial charge in [-0.05, 0) is 64.2 Å². The first-order chi connectivity index (χ1) is 22.8. The van der Waals surface area contributed by atoms with Gasteiger partial charge < -0.3 is 40.3 Å². The highest BCUT2D eigenvalue weighted by atomic mass is 16.7. The van der Waals surface area contributed by atoms with E-state index in [4.69, 9.17) is 9.47 Å². The Kier molecular flexibility index (Phi) is 27.5. The summed E-state index contributed by atoms with van der Waals surface area (Å²) in [5.74, 6) is -0.168. The van der Waals surface area contributed by atoms with Crippen LogP contribution in [0, 0.1) is 0 Å². The summed E-state index contributed by atoms with van der Waals surface area (Å²) in [6, 6.07) is -0.734. The summed E-state index contributed by atoms with van der Waals surface area (Å²) in [7, 11) is 0. The second-order valence-corrected chi connectivity index (χ2v) is 13.4. The van der Waals surface area contributed by atoms with E-state index in [9.17, 15) is 30.3 Å². The van der Waals surface area contributed by atoms with Crippen LogP contribution in [0.5, 0.6) is 0 Å². The standard InChI is InChI=1S/C38H71NO8/c1-3-5-7-9-11-13-14-15-16-17-18-20-22-24-26-28-34(42)39-31(32(41)27-25-23-21-19-12-10-8-6-4-2)30-46-38-37(45)36(44)35(43)33(29-40)47-38/h12,15-16,19,31-33,35-38,40-41,43-45H,3-11,13-14,17-18,20-30H2,1-2H3,(H,39,42)/b16-15+,19-12+/t31-,32+,33-,35-,36?,37?,38-/m0/s1. The molecule has 1 aliphatic heterocycles. The maximum absolute atomic E-state index is 12.8. The quantitative estimate of drug-likeness (QED) is 0.0381. The lowest BCUT2D eigenvalue weighted by molar-refractivity contribution is -0.302. The third-order valence-electron chi connectivity index (χ3n) is 9.03. The Morgan fingerprint density at radius 3 is 1.77 bits per heavy atom. The van der Waals surface area contributed by atoms with E-state index in [1.165, 1.54) is 64.2 Å². The van der Waals surface area contributed by atoms with Crippen LogP contribution in [0.15, 0.2) is 24.3 Å². The molecule has 0 bridgehead atoms. The number of rotatable bonds is 30. The first kappa shape index (κ1) is 43.7. The van der Waals surface area contributed by atoms with Crippen molar-refractivity contribution in [2.45, 2.75) is 198 Å². The molecule has 0 aromatic rings. The fourth-order valence-electron chi connectivity index (χ4n) is 5.85. The van der Waals surface area contributed by atoms with Gasteiger partial charge >= 0.3 is 0 Å². The molecule has 0 saturated carbocycles. The Balaban J connectivity index is 2.42.